The fourth-order valence-corrected chi connectivity index (χ4v) is 2.20. The van der Waals surface area contributed by atoms with E-state index in [0.717, 1.165) is 22.6 Å². The fraction of sp³-hybridized carbons (Fsp3) is 0.167. The van der Waals surface area contributed by atoms with Gasteiger partial charge in [0, 0.05) is 23.5 Å². The Morgan fingerprint density at radius 2 is 2.06 bits per heavy atom. The monoisotopic (exact) mass is 282 g/mol. The molecule has 4 nitrogen and oxygen atoms in total. The summed E-state index contributed by atoms with van der Waals surface area (Å²) in [5.41, 5.74) is 1.86. The molecule has 2 aromatic rings. The van der Waals surface area contributed by atoms with Gasteiger partial charge in [-0.1, -0.05) is 23.7 Å². The number of hydrogen-bond acceptors (Lipinski definition) is 4. The van der Waals surface area contributed by atoms with Gasteiger partial charge in [0.25, 0.3) is 0 Å². The molecule has 1 aromatic heterocycles. The third kappa shape index (κ3) is 3.53. The summed E-state index contributed by atoms with van der Waals surface area (Å²) in [4.78, 5) is 14.6. The van der Waals surface area contributed by atoms with Crippen molar-refractivity contribution in [3.8, 4) is 0 Å². The highest BCUT2D eigenvalue weighted by atomic mass is 35.5. The van der Waals surface area contributed by atoms with Crippen LogP contribution in [0.25, 0.3) is 0 Å². The van der Waals surface area contributed by atoms with Crippen LogP contribution in [0.3, 0.4) is 0 Å². The molecule has 2 rings (SSSR count). The van der Waals surface area contributed by atoms with Crippen molar-refractivity contribution in [2.75, 3.05) is 0 Å². The van der Waals surface area contributed by atoms with Gasteiger partial charge in [0.1, 0.15) is 0 Å². The number of benzene rings is 1. The lowest BCUT2D eigenvalue weighted by Crippen LogP contribution is -2.13. The van der Waals surface area contributed by atoms with Crippen molar-refractivity contribution in [2.45, 2.75) is 13.1 Å². The van der Waals surface area contributed by atoms with Gasteiger partial charge in [-0.15, -0.1) is 11.3 Å². The van der Waals surface area contributed by atoms with Crippen LogP contribution >= 0.6 is 22.9 Å². The summed E-state index contributed by atoms with van der Waals surface area (Å²) in [6.45, 7) is 1.24. The Labute approximate surface area is 113 Å². The minimum atomic E-state index is -0.982. The molecule has 0 saturated heterocycles. The Morgan fingerprint density at radius 1 is 1.33 bits per heavy atom. The number of hydrogen-bond donors (Lipinski definition) is 2. The summed E-state index contributed by atoms with van der Waals surface area (Å²) in [6, 6.07) is 7.56. The summed E-state index contributed by atoms with van der Waals surface area (Å²) >= 11 is 6.93. The van der Waals surface area contributed by atoms with Crippen LogP contribution in [-0.4, -0.2) is 16.1 Å². The average Bonchev–Trinajstić information content (AvgIpc) is 2.81. The van der Waals surface area contributed by atoms with Crippen LogP contribution in [0.5, 0.6) is 0 Å². The van der Waals surface area contributed by atoms with Crippen molar-refractivity contribution in [3.05, 3.63) is 50.9 Å². The second kappa shape index (κ2) is 5.95. The van der Waals surface area contributed by atoms with Crippen LogP contribution in [0.4, 0.5) is 0 Å². The molecule has 0 atom stereocenters. The summed E-state index contributed by atoms with van der Waals surface area (Å²) < 4.78 is 0. The number of carbonyl (C=O) groups is 1. The maximum absolute atomic E-state index is 10.7. The van der Waals surface area contributed by atoms with Crippen LogP contribution < -0.4 is 5.32 Å². The fourth-order valence-electron chi connectivity index (χ4n) is 1.42. The molecule has 0 saturated carbocycles. The Kier molecular flexibility index (Phi) is 4.30. The lowest BCUT2D eigenvalue weighted by Gasteiger charge is -2.02. The highest BCUT2D eigenvalue weighted by Gasteiger charge is 2.08. The number of nitrogens with one attached hydrogen (secondary N) is 1. The lowest BCUT2D eigenvalue weighted by molar-refractivity contribution is 0.0696. The molecule has 2 N–H and O–H groups in total. The van der Waals surface area contributed by atoms with Gasteiger partial charge in [0.15, 0.2) is 0 Å². The molecule has 0 fully saturated rings. The summed E-state index contributed by atoms with van der Waals surface area (Å²) in [5.74, 6) is -0.982. The van der Waals surface area contributed by atoms with Crippen molar-refractivity contribution >= 4 is 28.9 Å². The molecule has 0 aliphatic rings. The number of nitrogens with zero attached hydrogens (tertiary/aromatic N) is 1. The molecular formula is C12H11ClN2O2S. The molecule has 1 heterocycles. The smallest absolute Gasteiger partial charge is 0.365 e. The van der Waals surface area contributed by atoms with Crippen LogP contribution in [0, 0.1) is 0 Å². The zero-order chi connectivity index (χ0) is 13.0. The zero-order valence-electron chi connectivity index (χ0n) is 9.39. The summed E-state index contributed by atoms with van der Waals surface area (Å²) in [5, 5.41) is 14.5. The minimum absolute atomic E-state index is 0.123. The number of carboxylic acids is 1. The first-order chi connectivity index (χ1) is 8.65. The van der Waals surface area contributed by atoms with Crippen molar-refractivity contribution in [2.24, 2.45) is 0 Å². The number of rotatable bonds is 5. The van der Waals surface area contributed by atoms with Gasteiger partial charge in [-0.05, 0) is 17.7 Å². The molecule has 0 radical (unpaired) electrons. The second-order valence-corrected chi connectivity index (χ2v) is 4.97. The van der Waals surface area contributed by atoms with Crippen molar-refractivity contribution < 1.29 is 9.90 Å². The number of thiazole rings is 1. The van der Waals surface area contributed by atoms with E-state index in [9.17, 15) is 4.79 Å². The van der Waals surface area contributed by atoms with Gasteiger partial charge < -0.3 is 10.4 Å². The highest BCUT2D eigenvalue weighted by Crippen LogP contribution is 2.11. The van der Waals surface area contributed by atoms with E-state index in [1.165, 1.54) is 0 Å². The Hall–Kier alpha value is -1.43. The van der Waals surface area contributed by atoms with Gasteiger partial charge >= 0.3 is 5.97 Å². The van der Waals surface area contributed by atoms with Crippen molar-refractivity contribution in [1.82, 2.24) is 10.3 Å². The van der Waals surface area contributed by atoms with Gasteiger partial charge in [0.05, 0.1) is 5.69 Å². The lowest BCUT2D eigenvalue weighted by atomic mass is 10.2. The van der Waals surface area contributed by atoms with E-state index in [1.807, 2.05) is 24.3 Å². The Morgan fingerprint density at radius 3 is 2.67 bits per heavy atom. The third-order valence-electron chi connectivity index (χ3n) is 2.28. The SMILES string of the molecule is O=C(O)c1nc(CNCc2ccc(Cl)cc2)cs1. The first kappa shape index (κ1) is 13.0. The quantitative estimate of drug-likeness (QED) is 0.885. The van der Waals surface area contributed by atoms with Crippen LogP contribution in [-0.2, 0) is 13.1 Å². The van der Waals surface area contributed by atoms with E-state index in [4.69, 9.17) is 16.7 Å². The molecule has 0 bridgehead atoms. The van der Waals surface area contributed by atoms with E-state index in [1.54, 1.807) is 5.38 Å². The molecular weight excluding hydrogens is 272 g/mol. The molecule has 0 unspecified atom stereocenters. The predicted molar refractivity (Wildman–Crippen MR) is 71.1 cm³/mol. The normalized spacial score (nSPS) is 10.5. The second-order valence-electron chi connectivity index (χ2n) is 3.68. The first-order valence-corrected chi connectivity index (χ1v) is 6.54. The molecule has 6 heteroatoms. The largest absolute Gasteiger partial charge is 0.476 e. The molecule has 1 aromatic carbocycles. The predicted octanol–water partition coefficient (Wildman–Crippen LogP) is 2.78. The zero-order valence-corrected chi connectivity index (χ0v) is 11.0. The average molecular weight is 283 g/mol. The van der Waals surface area contributed by atoms with Crippen LogP contribution in [0.1, 0.15) is 21.1 Å². The molecule has 0 aliphatic carbocycles. The summed E-state index contributed by atoms with van der Waals surface area (Å²) in [6.07, 6.45) is 0. The van der Waals surface area contributed by atoms with Gasteiger partial charge in [0.2, 0.25) is 5.01 Å². The van der Waals surface area contributed by atoms with E-state index >= 15 is 0 Å². The summed E-state index contributed by atoms with van der Waals surface area (Å²) in [7, 11) is 0. The topological polar surface area (TPSA) is 62.2 Å². The van der Waals surface area contributed by atoms with Crippen LogP contribution in [0.15, 0.2) is 29.6 Å². The molecule has 0 spiro atoms. The number of aromatic carboxylic acids is 1. The number of aromatic nitrogens is 1. The van der Waals surface area contributed by atoms with Gasteiger partial charge in [-0.25, -0.2) is 9.78 Å². The molecule has 18 heavy (non-hydrogen) atoms. The van der Waals surface area contributed by atoms with E-state index in [2.05, 4.69) is 10.3 Å². The molecule has 94 valence electrons. The molecule has 0 amide bonds. The van der Waals surface area contributed by atoms with E-state index in [-0.39, 0.29) is 5.01 Å². The van der Waals surface area contributed by atoms with Crippen LogP contribution in [0.2, 0.25) is 5.02 Å². The Bertz CT molecular complexity index is 539. The van der Waals surface area contributed by atoms with Gasteiger partial charge in [-0.3, -0.25) is 0 Å². The van der Waals surface area contributed by atoms with E-state index in [0.29, 0.717) is 18.1 Å². The standard InChI is InChI=1S/C12H11ClN2O2S/c13-9-3-1-8(2-4-9)5-14-6-10-7-18-11(15-10)12(16)17/h1-4,7,14H,5-6H2,(H,16,17). The third-order valence-corrected chi connectivity index (χ3v) is 3.41. The Balaban J connectivity index is 1.84. The van der Waals surface area contributed by atoms with Crippen molar-refractivity contribution in [3.63, 3.8) is 0 Å². The van der Waals surface area contributed by atoms with Gasteiger partial charge in [-0.2, -0.15) is 0 Å². The maximum atomic E-state index is 10.7. The van der Waals surface area contributed by atoms with Crippen molar-refractivity contribution in [1.29, 1.82) is 0 Å². The number of halogens is 1. The maximum Gasteiger partial charge on any atom is 0.365 e. The first-order valence-electron chi connectivity index (χ1n) is 5.28. The molecule has 0 aliphatic heterocycles. The minimum Gasteiger partial charge on any atom is -0.476 e. The van der Waals surface area contributed by atoms with E-state index < -0.39 is 5.97 Å². The highest BCUT2D eigenvalue weighted by molar-refractivity contribution is 7.11. The number of carboxylic acid groups (broad SMARTS) is 1.